The molecule has 14 aromatic carbocycles. The van der Waals surface area contributed by atoms with Crippen molar-refractivity contribution in [3.8, 4) is 28.4 Å². The molecule has 19 aromatic rings. The first kappa shape index (κ1) is 83.7. The van der Waals surface area contributed by atoms with Crippen LogP contribution in [0.3, 0.4) is 0 Å². The molecule has 648 valence electrons. The lowest BCUT2D eigenvalue weighted by atomic mass is 9.67. The molecule has 21 rings (SSSR count). The molecular formula is C124H127N5. The maximum Gasteiger partial charge on any atom is 0.0561 e. The van der Waals surface area contributed by atoms with Gasteiger partial charge in [-0.3, -0.25) is 0 Å². The van der Waals surface area contributed by atoms with Gasteiger partial charge in [-0.05, 0) is 311 Å². The minimum absolute atomic E-state index is 0.00772. The van der Waals surface area contributed by atoms with Crippen molar-refractivity contribution in [1.29, 1.82) is 0 Å². The number of hydrogen-bond donors (Lipinski definition) is 0. The Hall–Kier alpha value is -12.2. The molecule has 0 aliphatic heterocycles. The third kappa shape index (κ3) is 14.3. The quantitative estimate of drug-likeness (QED) is 0.110. The highest BCUT2D eigenvalue weighted by molar-refractivity contribution is 6.16. The van der Waals surface area contributed by atoms with Gasteiger partial charge >= 0.3 is 0 Å². The standard InChI is InChI=1S/C124H127N5/c1-117(2,3)81-37-35-80-63-79(94-50-38-82(118(4,5)6)66-100(94)99(80)65-81)34-32-76-33-49-95-96-51-46-93(75-116(96)129(113(95)62-76)90-45-36-77-28-26-27-29-78(77)64-90)128-110-57-42-86(122(16,17)18)70-104(110)106-72-88(44-59-112(106)128)124(21,22)61-60-123(19,20)87-43-58-111-105(71-87)103-69-85(121(13,14)15)41-56-109(103)127(111)92-48-53-98-97-52-47-91(73-114(97)125(115(98)74-92)89-30-24-23-25-31-89)126-107-54-39-83(119(7,8)9)67-101(107)102-68-84(120(10,11)12)40-55-108(102)126/h23-31,33,35-59,62,64,66-75,79,81H,32,34,60-61,63,65H2,1-22H3. The van der Waals surface area contributed by atoms with Gasteiger partial charge in [-0.25, -0.2) is 0 Å². The lowest BCUT2D eigenvalue weighted by molar-refractivity contribution is 0.295. The summed E-state index contributed by atoms with van der Waals surface area (Å²) >= 11 is 0. The number of nitrogens with zero attached hydrogens (tertiary/aromatic N) is 5. The van der Waals surface area contributed by atoms with Crippen molar-refractivity contribution >= 4 is 125 Å². The van der Waals surface area contributed by atoms with Gasteiger partial charge in [0.25, 0.3) is 0 Å². The van der Waals surface area contributed by atoms with Gasteiger partial charge in [0.2, 0.25) is 0 Å². The van der Waals surface area contributed by atoms with Gasteiger partial charge in [0.15, 0.2) is 0 Å². The Balaban J connectivity index is 0.624. The molecule has 5 heterocycles. The molecule has 2 aliphatic carbocycles. The smallest absolute Gasteiger partial charge is 0.0561 e. The van der Waals surface area contributed by atoms with Crippen molar-refractivity contribution in [3.05, 3.63) is 346 Å². The fourth-order valence-electron chi connectivity index (χ4n) is 22.0. The molecule has 0 saturated heterocycles. The molecule has 0 amide bonds. The summed E-state index contributed by atoms with van der Waals surface area (Å²) in [5, 5.41) is 15.2. The van der Waals surface area contributed by atoms with Crippen molar-refractivity contribution in [2.24, 2.45) is 11.3 Å². The second kappa shape index (κ2) is 29.7. The van der Waals surface area contributed by atoms with E-state index in [4.69, 9.17) is 0 Å². The van der Waals surface area contributed by atoms with Crippen LogP contribution in [-0.4, -0.2) is 22.8 Å². The Labute approximate surface area is 763 Å². The van der Waals surface area contributed by atoms with Crippen LogP contribution in [0.25, 0.3) is 154 Å². The first-order valence-corrected chi connectivity index (χ1v) is 47.7. The van der Waals surface area contributed by atoms with E-state index >= 15 is 0 Å². The topological polar surface area (TPSA) is 24.6 Å². The third-order valence-corrected chi connectivity index (χ3v) is 30.4. The SMILES string of the molecule is CC(C)(C)c1ccc2c(c1)C1=C(C=CC(C(C)(C)C)C1)CC2CCc1ccc2c3ccc(-n4c5ccc(C(C)(C)C)cc5c5cc(C(C)(C)CCC(C)(C)c6ccc7c(c6)c6cc(C(C)(C)C)ccc6n7-c6ccc7c8ccc(-n9c%10ccc(C(C)(C)C)cc%10c%10cc(C(C)(C)C)ccc%109)cc8n(-c8ccccc8)c7c6)ccc54)cc3n(-c3ccc4ccccc4c3)c2c1. The normalized spacial score (nSPS) is 15.4. The highest BCUT2D eigenvalue weighted by atomic mass is 15.0. The lowest BCUT2D eigenvalue weighted by Gasteiger charge is -2.38. The summed E-state index contributed by atoms with van der Waals surface area (Å²) in [6, 6.07) is 107. The van der Waals surface area contributed by atoms with E-state index in [1.54, 1.807) is 11.1 Å². The van der Waals surface area contributed by atoms with E-state index in [1.807, 2.05) is 0 Å². The number of allylic oxidation sites excluding steroid dienone is 4. The van der Waals surface area contributed by atoms with Crippen LogP contribution in [-0.2, 0) is 44.3 Å². The van der Waals surface area contributed by atoms with Crippen LogP contribution >= 0.6 is 0 Å². The maximum absolute atomic E-state index is 2.58. The molecule has 5 heteroatoms. The molecular weight excluding hydrogens is 1560 g/mol. The highest BCUT2D eigenvalue weighted by Crippen LogP contribution is 2.52. The second-order valence-corrected chi connectivity index (χ2v) is 46.2. The molecule has 0 saturated carbocycles. The first-order chi connectivity index (χ1) is 61.2. The second-order valence-electron chi connectivity index (χ2n) is 46.2. The molecule has 0 bridgehead atoms. The summed E-state index contributed by atoms with van der Waals surface area (Å²) in [4.78, 5) is 0. The molecule has 129 heavy (non-hydrogen) atoms. The van der Waals surface area contributed by atoms with E-state index in [-0.39, 0.29) is 43.3 Å². The Kier molecular flexibility index (Phi) is 19.3. The average molecular weight is 1690 g/mol. The van der Waals surface area contributed by atoms with Gasteiger partial charge in [-0.1, -0.05) is 298 Å². The molecule has 2 atom stereocenters. The number of aryl methyl sites for hydroxylation is 1. The minimum Gasteiger partial charge on any atom is -0.309 e. The zero-order valence-electron chi connectivity index (χ0n) is 80.3. The largest absolute Gasteiger partial charge is 0.309 e. The Morgan fingerprint density at radius 3 is 1.02 bits per heavy atom. The summed E-state index contributed by atoms with van der Waals surface area (Å²) in [5.74, 6) is 0.958. The molecule has 5 nitrogen and oxygen atoms in total. The van der Waals surface area contributed by atoms with Gasteiger partial charge in [0, 0.05) is 82.3 Å². The van der Waals surface area contributed by atoms with Crippen molar-refractivity contribution < 1.29 is 0 Å². The molecule has 2 aliphatic rings. The van der Waals surface area contributed by atoms with Gasteiger partial charge in [-0.15, -0.1) is 0 Å². The van der Waals surface area contributed by atoms with Crippen molar-refractivity contribution in [2.45, 2.75) is 235 Å². The van der Waals surface area contributed by atoms with Gasteiger partial charge in [-0.2, -0.15) is 0 Å². The van der Waals surface area contributed by atoms with Crippen LogP contribution in [0.1, 0.15) is 246 Å². The third-order valence-electron chi connectivity index (χ3n) is 30.4. The van der Waals surface area contributed by atoms with Gasteiger partial charge < -0.3 is 22.8 Å². The fraction of sp³-hybridized carbons (Fsp3) is 0.306. The highest BCUT2D eigenvalue weighted by Gasteiger charge is 2.36. The van der Waals surface area contributed by atoms with E-state index in [1.165, 1.54) is 181 Å². The van der Waals surface area contributed by atoms with Crippen LogP contribution in [0.2, 0.25) is 0 Å². The number of benzene rings is 14. The van der Waals surface area contributed by atoms with Crippen LogP contribution < -0.4 is 0 Å². The van der Waals surface area contributed by atoms with E-state index < -0.39 is 0 Å². The number of fused-ring (bicyclic) bond motifs is 18. The Morgan fingerprint density at radius 2 is 0.605 bits per heavy atom. The Bertz CT molecular complexity index is 7830. The Morgan fingerprint density at radius 1 is 0.264 bits per heavy atom. The molecule has 0 spiro atoms. The minimum atomic E-state index is -0.164. The summed E-state index contributed by atoms with van der Waals surface area (Å²) in [5.41, 5.74) is 34.8. The predicted octanol–water partition coefficient (Wildman–Crippen LogP) is 34.3. The van der Waals surface area contributed by atoms with Crippen LogP contribution in [0.15, 0.2) is 291 Å². The summed E-state index contributed by atoms with van der Waals surface area (Å²) in [6.07, 6.45) is 11.3. The molecule has 5 aromatic heterocycles. The van der Waals surface area contributed by atoms with Crippen LogP contribution in [0.5, 0.6) is 0 Å². The van der Waals surface area contributed by atoms with Crippen molar-refractivity contribution in [3.63, 3.8) is 0 Å². The number of aromatic nitrogens is 5. The van der Waals surface area contributed by atoms with Gasteiger partial charge in [0.1, 0.15) is 0 Å². The summed E-state index contributed by atoms with van der Waals surface area (Å²) in [7, 11) is 0. The zero-order chi connectivity index (χ0) is 90.0. The van der Waals surface area contributed by atoms with E-state index in [2.05, 4.69) is 460 Å². The van der Waals surface area contributed by atoms with Crippen LogP contribution in [0, 0.1) is 11.3 Å². The van der Waals surface area contributed by atoms with E-state index in [9.17, 15) is 0 Å². The van der Waals surface area contributed by atoms with Crippen LogP contribution in [0.4, 0.5) is 0 Å². The van der Waals surface area contributed by atoms with Gasteiger partial charge in [0.05, 0.1) is 55.2 Å². The molecule has 2 unspecified atom stereocenters. The summed E-state index contributed by atoms with van der Waals surface area (Å²) in [6.45, 7) is 52.3. The lowest BCUT2D eigenvalue weighted by Crippen LogP contribution is -2.24. The van der Waals surface area contributed by atoms with E-state index in [0.29, 0.717) is 11.8 Å². The van der Waals surface area contributed by atoms with Crippen molar-refractivity contribution in [2.75, 3.05) is 0 Å². The average Bonchev–Trinajstić information content (AvgIpc) is 1.50. The first-order valence-electron chi connectivity index (χ1n) is 47.7. The fourth-order valence-corrected chi connectivity index (χ4v) is 22.0. The monoisotopic (exact) mass is 1690 g/mol. The number of para-hydroxylation sites is 1. The molecule has 0 fully saturated rings. The molecule has 0 N–H and O–H groups in total. The zero-order valence-corrected chi connectivity index (χ0v) is 80.3. The van der Waals surface area contributed by atoms with Crippen molar-refractivity contribution in [1.82, 2.24) is 22.8 Å². The number of rotatable bonds is 13. The maximum atomic E-state index is 2.58. The summed E-state index contributed by atoms with van der Waals surface area (Å²) < 4.78 is 12.7. The predicted molar refractivity (Wildman–Crippen MR) is 557 cm³/mol. The molecule has 0 radical (unpaired) electrons. The number of hydrogen-bond acceptors (Lipinski definition) is 0. The van der Waals surface area contributed by atoms with E-state index in [0.717, 1.165) is 61.3 Å².